The molecule has 0 aromatic carbocycles. The first-order valence-electron chi connectivity index (χ1n) is 13.7. The molecule has 4 unspecified atom stereocenters. The van der Waals surface area contributed by atoms with E-state index in [1.165, 1.54) is 18.4 Å². The van der Waals surface area contributed by atoms with Crippen LogP contribution in [-0.2, 0) is 9.53 Å². The van der Waals surface area contributed by atoms with Crippen molar-refractivity contribution < 1.29 is 14.6 Å². The van der Waals surface area contributed by atoms with E-state index >= 15 is 0 Å². The van der Waals surface area contributed by atoms with E-state index in [4.69, 9.17) is 10.5 Å². The molecule has 0 aromatic heterocycles. The zero-order valence-corrected chi connectivity index (χ0v) is 21.8. The molecule has 0 aliphatic heterocycles. The Morgan fingerprint density at radius 2 is 1.76 bits per heavy atom. The topological polar surface area (TPSA) is 72.5 Å². The minimum atomic E-state index is -0.400. The van der Waals surface area contributed by atoms with Crippen LogP contribution in [0.1, 0.15) is 92.4 Å². The average Bonchev–Trinajstić information content (AvgIpc) is 2.79. The Balaban J connectivity index is 1.60. The molecule has 4 nitrogen and oxygen atoms in total. The van der Waals surface area contributed by atoms with Crippen molar-refractivity contribution in [1.82, 2.24) is 0 Å². The summed E-state index contributed by atoms with van der Waals surface area (Å²) in [6.07, 6.45) is 11.8. The van der Waals surface area contributed by atoms with Crippen molar-refractivity contribution in [2.24, 2.45) is 57.0 Å². The third-order valence-electron chi connectivity index (χ3n) is 12.8. The summed E-state index contributed by atoms with van der Waals surface area (Å²) in [6.45, 7) is 12.2. The Kier molecular flexibility index (Phi) is 5.47. The first-order chi connectivity index (χ1) is 15.5. The van der Waals surface area contributed by atoms with Crippen LogP contribution < -0.4 is 5.73 Å². The van der Waals surface area contributed by atoms with Crippen molar-refractivity contribution in [3.63, 3.8) is 0 Å². The van der Waals surface area contributed by atoms with Gasteiger partial charge in [-0.15, -0.1) is 0 Å². The number of carbonyl (C=O) groups excluding carboxylic acids is 1. The van der Waals surface area contributed by atoms with Crippen molar-refractivity contribution in [2.75, 3.05) is 7.11 Å². The van der Waals surface area contributed by atoms with Gasteiger partial charge in [0.25, 0.3) is 0 Å². The van der Waals surface area contributed by atoms with Crippen LogP contribution >= 0.6 is 0 Å². The molecule has 0 bridgehead atoms. The van der Waals surface area contributed by atoms with E-state index in [-0.39, 0.29) is 40.3 Å². The van der Waals surface area contributed by atoms with Crippen molar-refractivity contribution in [2.45, 2.75) is 105 Å². The molecule has 0 amide bonds. The lowest BCUT2D eigenvalue weighted by atomic mass is 9.34. The van der Waals surface area contributed by atoms with Gasteiger partial charge in [0.15, 0.2) is 0 Å². The Hall–Kier alpha value is -0.870. The number of methoxy groups -OCH3 is 1. The van der Waals surface area contributed by atoms with Gasteiger partial charge in [-0.25, -0.2) is 0 Å². The number of aliphatic hydroxyl groups is 1. The Morgan fingerprint density at radius 3 is 2.45 bits per heavy atom. The Morgan fingerprint density at radius 1 is 1.03 bits per heavy atom. The number of rotatable bonds is 1. The standard InChI is InChI=1S/C29H47NO3/c1-17-19-9-13-28(5)23(26(19,3)12-11-22(17)31)8-7-20-24-18(2)21(30)10-14-29(24,25(32)33-6)16-15-27(20,28)4/h7,17-19,21-24,31H,8-16,30H2,1-6H3/t17-,18-,19?,21+,22-,23?,24?,26-,27+,28+,29?/m0/s1. The molecule has 4 heteroatoms. The van der Waals surface area contributed by atoms with E-state index < -0.39 is 5.41 Å². The maximum Gasteiger partial charge on any atom is 0.312 e. The molecule has 4 fully saturated rings. The van der Waals surface area contributed by atoms with Crippen molar-refractivity contribution >= 4 is 5.97 Å². The highest BCUT2D eigenvalue weighted by atomic mass is 16.5. The van der Waals surface area contributed by atoms with Crippen LogP contribution in [-0.4, -0.2) is 30.3 Å². The van der Waals surface area contributed by atoms with Crippen molar-refractivity contribution in [3.8, 4) is 0 Å². The molecule has 0 radical (unpaired) electrons. The van der Waals surface area contributed by atoms with Crippen molar-refractivity contribution in [1.29, 1.82) is 0 Å². The number of ether oxygens (including phenoxy) is 1. The fourth-order valence-corrected chi connectivity index (χ4v) is 10.5. The van der Waals surface area contributed by atoms with E-state index in [2.05, 4.69) is 40.7 Å². The first-order valence-corrected chi connectivity index (χ1v) is 13.7. The SMILES string of the molecule is COC(=O)C12CC[C@@H](N)[C@H](C)C1C1=CCC3[C@@]4(C)CC[C@H](O)[C@@H](C)C4CC[C@@]3(C)[C@]1(C)CC2. The zero-order valence-electron chi connectivity index (χ0n) is 21.8. The summed E-state index contributed by atoms with van der Waals surface area (Å²) in [7, 11) is 1.56. The van der Waals surface area contributed by atoms with Crippen LogP contribution in [0, 0.1) is 51.2 Å². The average molecular weight is 458 g/mol. The molecular weight excluding hydrogens is 410 g/mol. The molecule has 0 aromatic rings. The normalized spacial score (nSPS) is 55.9. The number of allylic oxidation sites excluding steroid dienone is 2. The van der Waals surface area contributed by atoms with Crippen LogP contribution in [0.3, 0.4) is 0 Å². The van der Waals surface area contributed by atoms with Gasteiger partial charge in [0.05, 0.1) is 18.6 Å². The Bertz CT molecular complexity index is 854. The largest absolute Gasteiger partial charge is 0.469 e. The molecule has 4 saturated carbocycles. The van der Waals surface area contributed by atoms with Crippen LogP contribution in [0.25, 0.3) is 0 Å². The summed E-state index contributed by atoms with van der Waals surface area (Å²) in [5.74, 6) is 2.11. The molecular formula is C29H47NO3. The second-order valence-corrected chi connectivity index (χ2v) is 13.5. The number of hydrogen-bond donors (Lipinski definition) is 2. The maximum atomic E-state index is 13.3. The predicted molar refractivity (Wildman–Crippen MR) is 131 cm³/mol. The maximum absolute atomic E-state index is 13.3. The number of esters is 1. The van der Waals surface area contributed by atoms with Gasteiger partial charge in [0, 0.05) is 12.0 Å². The van der Waals surface area contributed by atoms with E-state index in [1.807, 2.05) is 0 Å². The van der Waals surface area contributed by atoms with Crippen LogP contribution in [0.4, 0.5) is 0 Å². The lowest BCUT2D eigenvalue weighted by Gasteiger charge is -2.70. The summed E-state index contributed by atoms with van der Waals surface area (Å²) in [5, 5.41) is 10.6. The van der Waals surface area contributed by atoms with Gasteiger partial charge >= 0.3 is 5.97 Å². The van der Waals surface area contributed by atoms with Crippen LogP contribution in [0.15, 0.2) is 11.6 Å². The van der Waals surface area contributed by atoms with E-state index in [1.54, 1.807) is 7.11 Å². The third kappa shape index (κ3) is 2.86. The number of fused-ring (bicyclic) bond motifs is 7. The summed E-state index contributed by atoms with van der Waals surface area (Å²) in [5.41, 5.74) is 8.37. The van der Waals surface area contributed by atoms with Gasteiger partial charge in [0.1, 0.15) is 0 Å². The highest BCUT2D eigenvalue weighted by Gasteiger charge is 2.68. The predicted octanol–water partition coefficient (Wildman–Crippen LogP) is 5.48. The molecule has 3 N–H and O–H groups in total. The second kappa shape index (κ2) is 7.56. The zero-order chi connectivity index (χ0) is 24.0. The van der Waals surface area contributed by atoms with Crippen molar-refractivity contribution in [3.05, 3.63) is 11.6 Å². The Labute approximate surface area is 201 Å². The molecule has 0 spiro atoms. The highest BCUT2D eigenvalue weighted by molar-refractivity contribution is 5.78. The molecule has 0 saturated heterocycles. The lowest BCUT2D eigenvalue weighted by Crippen LogP contribution is -2.65. The van der Waals surface area contributed by atoms with Gasteiger partial charge in [-0.2, -0.15) is 0 Å². The van der Waals surface area contributed by atoms with Gasteiger partial charge in [-0.05, 0) is 97.7 Å². The second-order valence-electron chi connectivity index (χ2n) is 13.5. The fraction of sp³-hybridized carbons (Fsp3) is 0.897. The van der Waals surface area contributed by atoms with Gasteiger partial charge in [0.2, 0.25) is 0 Å². The van der Waals surface area contributed by atoms with Crippen LogP contribution in [0.2, 0.25) is 0 Å². The minimum Gasteiger partial charge on any atom is -0.469 e. The molecule has 186 valence electrons. The van der Waals surface area contributed by atoms with E-state index in [0.717, 1.165) is 44.9 Å². The summed E-state index contributed by atoms with van der Waals surface area (Å²) in [6, 6.07) is 0.149. The lowest BCUT2D eigenvalue weighted by molar-refractivity contribution is -0.189. The summed E-state index contributed by atoms with van der Waals surface area (Å²) < 4.78 is 5.46. The molecule has 11 atom stereocenters. The monoisotopic (exact) mass is 457 g/mol. The minimum absolute atomic E-state index is 0.00719. The number of nitrogens with two attached hydrogens (primary N) is 1. The first kappa shape index (κ1) is 23.9. The number of hydrogen-bond acceptors (Lipinski definition) is 4. The quantitative estimate of drug-likeness (QED) is 0.404. The summed E-state index contributed by atoms with van der Waals surface area (Å²) >= 11 is 0. The highest BCUT2D eigenvalue weighted by Crippen LogP contribution is 2.74. The third-order valence-corrected chi connectivity index (χ3v) is 12.8. The van der Waals surface area contributed by atoms with E-state index in [9.17, 15) is 9.90 Å². The number of aliphatic hydroxyl groups excluding tert-OH is 1. The fourth-order valence-electron chi connectivity index (χ4n) is 10.5. The van der Waals surface area contributed by atoms with Crippen LogP contribution in [0.5, 0.6) is 0 Å². The molecule has 33 heavy (non-hydrogen) atoms. The molecule has 0 heterocycles. The van der Waals surface area contributed by atoms with Gasteiger partial charge < -0.3 is 15.6 Å². The molecule has 5 aliphatic rings. The van der Waals surface area contributed by atoms with Gasteiger partial charge in [-0.1, -0.05) is 46.3 Å². The summed E-state index contributed by atoms with van der Waals surface area (Å²) in [4.78, 5) is 13.3. The van der Waals surface area contributed by atoms with E-state index in [0.29, 0.717) is 23.7 Å². The number of carbonyl (C=O) groups is 1. The van der Waals surface area contributed by atoms with Gasteiger partial charge in [-0.3, -0.25) is 4.79 Å². The molecule has 5 rings (SSSR count). The molecule has 5 aliphatic carbocycles. The smallest absolute Gasteiger partial charge is 0.312 e.